The van der Waals surface area contributed by atoms with Gasteiger partial charge in [-0.25, -0.2) is 0 Å². The second-order valence-corrected chi connectivity index (χ2v) is 4.93. The molecule has 21 heavy (non-hydrogen) atoms. The third-order valence-electron chi connectivity index (χ3n) is 3.21. The zero-order valence-electron chi connectivity index (χ0n) is 12.8. The van der Waals surface area contributed by atoms with Gasteiger partial charge in [0.1, 0.15) is 18.1 Å². The second-order valence-electron chi connectivity index (χ2n) is 4.93. The SMILES string of the molecule is CC=NC(=C(C)OCc1ccccc1)c1ccc(C)cc1. The molecule has 2 nitrogen and oxygen atoms in total. The minimum absolute atomic E-state index is 0.557. The molecule has 0 saturated carbocycles. The smallest absolute Gasteiger partial charge is 0.120 e. The van der Waals surface area contributed by atoms with Crippen molar-refractivity contribution in [3.05, 3.63) is 77.0 Å². The molecule has 0 amide bonds. The monoisotopic (exact) mass is 279 g/mol. The van der Waals surface area contributed by atoms with Gasteiger partial charge in [-0.1, -0.05) is 60.2 Å². The molecule has 0 heterocycles. The predicted molar refractivity (Wildman–Crippen MR) is 89.2 cm³/mol. The van der Waals surface area contributed by atoms with Gasteiger partial charge >= 0.3 is 0 Å². The topological polar surface area (TPSA) is 21.6 Å². The van der Waals surface area contributed by atoms with Crippen LogP contribution in [0.2, 0.25) is 0 Å². The number of benzene rings is 2. The first kappa shape index (κ1) is 15.0. The lowest BCUT2D eigenvalue weighted by molar-refractivity contribution is 0.202. The molecule has 2 rings (SSSR count). The van der Waals surface area contributed by atoms with Crippen LogP contribution in [0.4, 0.5) is 0 Å². The molecule has 0 saturated heterocycles. The van der Waals surface area contributed by atoms with Gasteiger partial charge in [-0.15, -0.1) is 0 Å². The van der Waals surface area contributed by atoms with Crippen LogP contribution in [0.5, 0.6) is 0 Å². The quantitative estimate of drug-likeness (QED) is 0.558. The Morgan fingerprint density at radius 1 is 1.05 bits per heavy atom. The third-order valence-corrected chi connectivity index (χ3v) is 3.21. The first-order valence-corrected chi connectivity index (χ1v) is 7.14. The maximum atomic E-state index is 5.89. The largest absolute Gasteiger partial charge is 0.491 e. The van der Waals surface area contributed by atoms with Crippen LogP contribution in [0.15, 0.2) is 65.3 Å². The number of aryl methyl sites for hydroxylation is 1. The number of hydrogen-bond donors (Lipinski definition) is 0. The van der Waals surface area contributed by atoms with E-state index >= 15 is 0 Å². The normalized spacial score (nSPS) is 12.3. The lowest BCUT2D eigenvalue weighted by Crippen LogP contribution is -1.95. The molecule has 0 aliphatic carbocycles. The van der Waals surface area contributed by atoms with Crippen molar-refractivity contribution in [1.82, 2.24) is 0 Å². The predicted octanol–water partition coefficient (Wildman–Crippen LogP) is 4.99. The zero-order valence-corrected chi connectivity index (χ0v) is 12.8. The lowest BCUT2D eigenvalue weighted by atomic mass is 10.1. The fourth-order valence-electron chi connectivity index (χ4n) is 2.04. The van der Waals surface area contributed by atoms with Crippen LogP contribution >= 0.6 is 0 Å². The number of aliphatic imine (C=N–C) groups is 1. The van der Waals surface area contributed by atoms with Crippen LogP contribution in [0, 0.1) is 6.92 Å². The summed E-state index contributed by atoms with van der Waals surface area (Å²) < 4.78 is 5.89. The van der Waals surface area contributed by atoms with Crippen molar-refractivity contribution in [3.63, 3.8) is 0 Å². The van der Waals surface area contributed by atoms with E-state index in [1.807, 2.05) is 32.0 Å². The molecule has 0 aromatic heterocycles. The summed E-state index contributed by atoms with van der Waals surface area (Å²) in [7, 11) is 0. The summed E-state index contributed by atoms with van der Waals surface area (Å²) in [5.74, 6) is 0.834. The second kappa shape index (κ2) is 7.44. The van der Waals surface area contributed by atoms with Gasteiger partial charge in [-0.2, -0.15) is 0 Å². The average Bonchev–Trinajstić information content (AvgIpc) is 2.52. The molecule has 0 aliphatic heterocycles. The van der Waals surface area contributed by atoms with E-state index in [0.29, 0.717) is 6.61 Å². The van der Waals surface area contributed by atoms with E-state index < -0.39 is 0 Å². The number of nitrogens with zero attached hydrogens (tertiary/aromatic N) is 1. The summed E-state index contributed by atoms with van der Waals surface area (Å²) in [4.78, 5) is 4.47. The third kappa shape index (κ3) is 4.32. The van der Waals surface area contributed by atoms with Crippen molar-refractivity contribution in [2.45, 2.75) is 27.4 Å². The number of allylic oxidation sites excluding steroid dienone is 1. The summed E-state index contributed by atoms with van der Waals surface area (Å²) in [6.07, 6.45) is 1.80. The molecular weight excluding hydrogens is 258 g/mol. The lowest BCUT2D eigenvalue weighted by Gasteiger charge is -2.11. The van der Waals surface area contributed by atoms with Crippen LogP contribution in [-0.2, 0) is 11.3 Å². The summed E-state index contributed by atoms with van der Waals surface area (Å²) in [6, 6.07) is 18.5. The van der Waals surface area contributed by atoms with Gasteiger partial charge in [0.25, 0.3) is 0 Å². The van der Waals surface area contributed by atoms with Crippen LogP contribution in [0.25, 0.3) is 5.70 Å². The Labute approximate surface area is 126 Å². The summed E-state index contributed by atoms with van der Waals surface area (Å²) >= 11 is 0. The molecule has 0 unspecified atom stereocenters. The minimum atomic E-state index is 0.557. The highest BCUT2D eigenvalue weighted by Gasteiger charge is 2.06. The van der Waals surface area contributed by atoms with E-state index in [2.05, 4.69) is 48.3 Å². The van der Waals surface area contributed by atoms with E-state index in [0.717, 1.165) is 22.6 Å². The molecular formula is C19H21NO. The van der Waals surface area contributed by atoms with E-state index in [-0.39, 0.29) is 0 Å². The Morgan fingerprint density at radius 3 is 2.33 bits per heavy atom. The Hall–Kier alpha value is -2.35. The van der Waals surface area contributed by atoms with Crippen LogP contribution in [0.1, 0.15) is 30.5 Å². The van der Waals surface area contributed by atoms with Gasteiger partial charge in [-0.3, -0.25) is 4.99 Å². The number of ether oxygens (including phenoxy) is 1. The maximum Gasteiger partial charge on any atom is 0.120 e. The van der Waals surface area contributed by atoms with Crippen molar-refractivity contribution in [2.24, 2.45) is 4.99 Å². The Kier molecular flexibility index (Phi) is 5.33. The Morgan fingerprint density at radius 2 is 1.71 bits per heavy atom. The molecule has 2 heteroatoms. The summed E-state index contributed by atoms with van der Waals surface area (Å²) in [6.45, 7) is 6.51. The van der Waals surface area contributed by atoms with Crippen molar-refractivity contribution < 1.29 is 4.74 Å². The average molecular weight is 279 g/mol. The van der Waals surface area contributed by atoms with E-state index in [4.69, 9.17) is 4.74 Å². The number of hydrogen-bond acceptors (Lipinski definition) is 2. The fourth-order valence-corrected chi connectivity index (χ4v) is 2.04. The molecule has 0 aliphatic rings. The Bertz CT molecular complexity index is 624. The van der Waals surface area contributed by atoms with Gasteiger partial charge in [0.2, 0.25) is 0 Å². The zero-order chi connectivity index (χ0) is 15.1. The maximum absolute atomic E-state index is 5.89. The highest BCUT2D eigenvalue weighted by atomic mass is 16.5. The summed E-state index contributed by atoms with van der Waals surface area (Å²) in [5, 5.41) is 0. The standard InChI is InChI=1S/C19H21NO/c1-4-20-19(18-12-10-15(2)11-13-18)16(3)21-14-17-8-6-5-7-9-17/h4-13H,14H2,1-3H3. The molecule has 2 aromatic rings. The molecule has 0 atom stereocenters. The van der Waals surface area contributed by atoms with Gasteiger partial charge < -0.3 is 4.74 Å². The van der Waals surface area contributed by atoms with E-state index in [1.165, 1.54) is 5.56 Å². The fraction of sp³-hybridized carbons (Fsp3) is 0.211. The van der Waals surface area contributed by atoms with Gasteiger partial charge in [0.05, 0.1) is 0 Å². The molecule has 2 aromatic carbocycles. The van der Waals surface area contributed by atoms with Crippen LogP contribution in [-0.4, -0.2) is 6.21 Å². The summed E-state index contributed by atoms with van der Waals surface area (Å²) in [5.41, 5.74) is 4.35. The van der Waals surface area contributed by atoms with Crippen molar-refractivity contribution in [2.75, 3.05) is 0 Å². The Balaban J connectivity index is 2.20. The van der Waals surface area contributed by atoms with E-state index in [1.54, 1.807) is 6.21 Å². The van der Waals surface area contributed by atoms with Crippen LogP contribution < -0.4 is 0 Å². The number of rotatable bonds is 5. The minimum Gasteiger partial charge on any atom is -0.491 e. The van der Waals surface area contributed by atoms with Crippen molar-refractivity contribution in [1.29, 1.82) is 0 Å². The molecule has 0 radical (unpaired) electrons. The van der Waals surface area contributed by atoms with E-state index in [9.17, 15) is 0 Å². The van der Waals surface area contributed by atoms with Gasteiger partial charge in [-0.05, 0) is 26.3 Å². The van der Waals surface area contributed by atoms with Crippen molar-refractivity contribution >= 4 is 11.9 Å². The molecule has 0 N–H and O–H groups in total. The highest BCUT2D eigenvalue weighted by Crippen LogP contribution is 2.22. The van der Waals surface area contributed by atoms with Gasteiger partial charge in [0.15, 0.2) is 0 Å². The van der Waals surface area contributed by atoms with Crippen LogP contribution in [0.3, 0.4) is 0 Å². The van der Waals surface area contributed by atoms with Crippen molar-refractivity contribution in [3.8, 4) is 0 Å². The molecule has 0 fully saturated rings. The van der Waals surface area contributed by atoms with Gasteiger partial charge in [0, 0.05) is 11.8 Å². The molecule has 0 bridgehead atoms. The first-order valence-electron chi connectivity index (χ1n) is 7.14. The molecule has 0 spiro atoms. The molecule has 108 valence electrons. The highest BCUT2D eigenvalue weighted by molar-refractivity contribution is 5.73. The first-order chi connectivity index (χ1) is 10.2.